The average Bonchev–Trinajstić information content (AvgIpc) is 2.30. The largest absolute Gasteiger partial charge is 0.372 e. The Kier molecular flexibility index (Phi) is 4.34. The highest BCUT2D eigenvalue weighted by molar-refractivity contribution is 14.1. The predicted molar refractivity (Wildman–Crippen MR) is 67.6 cm³/mol. The zero-order chi connectivity index (χ0) is 10.5. The second kappa shape index (κ2) is 5.77. The molecule has 1 aromatic rings. The van der Waals surface area contributed by atoms with Crippen LogP contribution in [0.25, 0.3) is 0 Å². The first kappa shape index (κ1) is 11.3. The first-order valence-electron chi connectivity index (χ1n) is 5.27. The van der Waals surface area contributed by atoms with Gasteiger partial charge in [0.1, 0.15) is 0 Å². The highest BCUT2D eigenvalue weighted by Crippen LogP contribution is 2.17. The summed E-state index contributed by atoms with van der Waals surface area (Å²) < 4.78 is 8.14. The van der Waals surface area contributed by atoms with Crippen molar-refractivity contribution in [3.05, 3.63) is 30.1 Å². The summed E-state index contributed by atoms with van der Waals surface area (Å²) in [6, 6.07) is 5.94. The van der Waals surface area contributed by atoms with Crippen LogP contribution in [0.3, 0.4) is 0 Å². The SMILES string of the molecule is IN1CCC(OCc2ccccn2)CC1. The zero-order valence-electron chi connectivity index (χ0n) is 8.60. The summed E-state index contributed by atoms with van der Waals surface area (Å²) in [6.07, 6.45) is 4.50. The van der Waals surface area contributed by atoms with Crippen LogP contribution in [0.1, 0.15) is 18.5 Å². The fourth-order valence-electron chi connectivity index (χ4n) is 1.68. The van der Waals surface area contributed by atoms with Gasteiger partial charge in [-0.05, 0) is 25.0 Å². The minimum Gasteiger partial charge on any atom is -0.372 e. The van der Waals surface area contributed by atoms with E-state index in [1.165, 1.54) is 0 Å². The molecule has 1 aliphatic rings. The Balaban J connectivity index is 1.74. The third-order valence-electron chi connectivity index (χ3n) is 2.58. The van der Waals surface area contributed by atoms with Crippen LogP contribution in [0.2, 0.25) is 0 Å². The van der Waals surface area contributed by atoms with Crippen molar-refractivity contribution < 1.29 is 4.74 Å². The Morgan fingerprint density at radius 2 is 2.20 bits per heavy atom. The molecule has 0 atom stereocenters. The first-order chi connectivity index (χ1) is 7.34. The molecule has 1 saturated heterocycles. The van der Waals surface area contributed by atoms with Crippen LogP contribution in [-0.2, 0) is 11.3 Å². The molecule has 1 aliphatic heterocycles. The average molecular weight is 318 g/mol. The number of piperidine rings is 1. The summed E-state index contributed by atoms with van der Waals surface area (Å²) in [6.45, 7) is 2.91. The molecule has 0 amide bonds. The molecule has 2 heterocycles. The lowest BCUT2D eigenvalue weighted by atomic mass is 10.1. The molecule has 0 bridgehead atoms. The number of nitrogens with zero attached hydrogens (tertiary/aromatic N) is 2. The number of aromatic nitrogens is 1. The van der Waals surface area contributed by atoms with Crippen LogP contribution in [-0.4, -0.2) is 27.3 Å². The monoisotopic (exact) mass is 318 g/mol. The van der Waals surface area contributed by atoms with Gasteiger partial charge in [-0.15, -0.1) is 0 Å². The van der Waals surface area contributed by atoms with Crippen LogP contribution in [0.4, 0.5) is 0 Å². The molecule has 0 N–H and O–H groups in total. The quantitative estimate of drug-likeness (QED) is 0.632. The normalized spacial score (nSPS) is 19.3. The molecule has 0 aliphatic carbocycles. The molecule has 4 heteroatoms. The van der Waals surface area contributed by atoms with E-state index >= 15 is 0 Å². The molecule has 1 aromatic heterocycles. The van der Waals surface area contributed by atoms with Crippen LogP contribution >= 0.6 is 22.9 Å². The fourth-order valence-corrected chi connectivity index (χ4v) is 2.23. The minimum absolute atomic E-state index is 0.415. The van der Waals surface area contributed by atoms with Crippen molar-refractivity contribution in [2.75, 3.05) is 13.1 Å². The molecule has 2 rings (SSSR count). The Hall–Kier alpha value is -0.200. The van der Waals surface area contributed by atoms with Gasteiger partial charge in [0.05, 0.1) is 18.4 Å². The first-order valence-corrected chi connectivity index (χ1v) is 6.23. The van der Waals surface area contributed by atoms with E-state index in [-0.39, 0.29) is 0 Å². The van der Waals surface area contributed by atoms with Crippen molar-refractivity contribution in [2.45, 2.75) is 25.6 Å². The van der Waals surface area contributed by atoms with E-state index in [9.17, 15) is 0 Å². The van der Waals surface area contributed by atoms with Gasteiger partial charge in [0.25, 0.3) is 0 Å². The molecular formula is C11H15IN2O. The molecule has 82 valence electrons. The van der Waals surface area contributed by atoms with Gasteiger partial charge in [0.2, 0.25) is 0 Å². The Morgan fingerprint density at radius 1 is 1.40 bits per heavy atom. The minimum atomic E-state index is 0.415. The number of ether oxygens (including phenoxy) is 1. The standard InChI is InChI=1S/C11H15IN2O/c12-14-7-4-11(5-8-14)15-9-10-3-1-2-6-13-10/h1-3,6,11H,4-5,7-9H2. The topological polar surface area (TPSA) is 25.4 Å². The number of halogens is 1. The highest BCUT2D eigenvalue weighted by atomic mass is 127. The maximum Gasteiger partial charge on any atom is 0.0891 e. The second-order valence-corrected chi connectivity index (χ2v) is 5.11. The summed E-state index contributed by atoms with van der Waals surface area (Å²) in [5, 5.41) is 0. The smallest absolute Gasteiger partial charge is 0.0891 e. The molecule has 15 heavy (non-hydrogen) atoms. The Bertz CT molecular complexity index is 286. The van der Waals surface area contributed by atoms with E-state index in [2.05, 4.69) is 31.0 Å². The summed E-state index contributed by atoms with van der Waals surface area (Å²) >= 11 is 2.37. The van der Waals surface area contributed by atoms with Crippen molar-refractivity contribution in [3.63, 3.8) is 0 Å². The fraction of sp³-hybridized carbons (Fsp3) is 0.545. The molecule has 0 aromatic carbocycles. The van der Waals surface area contributed by atoms with E-state index in [0.717, 1.165) is 31.6 Å². The molecule has 1 fully saturated rings. The van der Waals surface area contributed by atoms with Crippen LogP contribution in [0.15, 0.2) is 24.4 Å². The summed E-state index contributed by atoms with van der Waals surface area (Å²) in [5.41, 5.74) is 1.02. The Labute approximate surface area is 104 Å². The van der Waals surface area contributed by atoms with Gasteiger partial charge in [-0.1, -0.05) is 6.07 Å². The van der Waals surface area contributed by atoms with Gasteiger partial charge in [-0.25, -0.2) is 3.11 Å². The van der Waals surface area contributed by atoms with Crippen LogP contribution in [0.5, 0.6) is 0 Å². The van der Waals surface area contributed by atoms with Gasteiger partial charge in [0.15, 0.2) is 0 Å². The Morgan fingerprint density at radius 3 is 2.87 bits per heavy atom. The predicted octanol–water partition coefficient (Wildman–Crippen LogP) is 2.41. The van der Waals surface area contributed by atoms with Crippen molar-refractivity contribution >= 4 is 22.9 Å². The number of hydrogen-bond acceptors (Lipinski definition) is 3. The second-order valence-electron chi connectivity index (χ2n) is 3.74. The lowest BCUT2D eigenvalue weighted by Crippen LogP contribution is -2.30. The van der Waals surface area contributed by atoms with E-state index in [1.54, 1.807) is 0 Å². The summed E-state index contributed by atoms with van der Waals surface area (Å²) in [5.74, 6) is 0. The van der Waals surface area contributed by atoms with Gasteiger partial charge in [-0.3, -0.25) is 4.98 Å². The third-order valence-corrected chi connectivity index (χ3v) is 3.55. The number of pyridine rings is 1. The molecule has 0 unspecified atom stereocenters. The summed E-state index contributed by atoms with van der Waals surface area (Å²) in [7, 11) is 0. The van der Waals surface area contributed by atoms with Crippen molar-refractivity contribution in [2.24, 2.45) is 0 Å². The van der Waals surface area contributed by atoms with E-state index in [4.69, 9.17) is 4.74 Å². The molecular weight excluding hydrogens is 303 g/mol. The van der Waals surface area contributed by atoms with Crippen LogP contribution < -0.4 is 0 Å². The maximum absolute atomic E-state index is 5.82. The zero-order valence-corrected chi connectivity index (χ0v) is 10.8. The van der Waals surface area contributed by atoms with Crippen molar-refractivity contribution in [3.8, 4) is 0 Å². The molecule has 3 nitrogen and oxygen atoms in total. The van der Waals surface area contributed by atoms with E-state index in [1.807, 2.05) is 24.4 Å². The van der Waals surface area contributed by atoms with Gasteiger partial charge < -0.3 is 4.74 Å². The van der Waals surface area contributed by atoms with Gasteiger partial charge in [0, 0.05) is 42.2 Å². The van der Waals surface area contributed by atoms with Crippen LogP contribution in [0, 0.1) is 0 Å². The number of hydrogen-bond donors (Lipinski definition) is 0. The third kappa shape index (κ3) is 3.70. The maximum atomic E-state index is 5.82. The van der Waals surface area contributed by atoms with Crippen molar-refractivity contribution in [1.29, 1.82) is 0 Å². The van der Waals surface area contributed by atoms with E-state index in [0.29, 0.717) is 12.7 Å². The molecule has 0 spiro atoms. The van der Waals surface area contributed by atoms with Gasteiger partial charge >= 0.3 is 0 Å². The molecule has 0 saturated carbocycles. The number of rotatable bonds is 3. The summed E-state index contributed by atoms with van der Waals surface area (Å²) in [4.78, 5) is 4.24. The van der Waals surface area contributed by atoms with Crippen molar-refractivity contribution in [1.82, 2.24) is 8.10 Å². The lowest BCUT2D eigenvalue weighted by molar-refractivity contribution is 0.0119. The lowest BCUT2D eigenvalue weighted by Gasteiger charge is -2.27. The highest BCUT2D eigenvalue weighted by Gasteiger charge is 2.17. The van der Waals surface area contributed by atoms with Gasteiger partial charge in [-0.2, -0.15) is 0 Å². The molecule has 0 radical (unpaired) electrons. The van der Waals surface area contributed by atoms with E-state index < -0.39 is 0 Å².